The van der Waals surface area contributed by atoms with E-state index in [-0.39, 0.29) is 11.9 Å². The fourth-order valence-electron chi connectivity index (χ4n) is 1.06. The van der Waals surface area contributed by atoms with Gasteiger partial charge in [-0.15, -0.1) is 0 Å². The maximum absolute atomic E-state index is 11.5. The standard InChI is InChI=1S/C10H17BrN2O/c1-9(6-8-12)13(2)10(14)5-3-4-7-11/h9H,3-7H2,1-2H3. The van der Waals surface area contributed by atoms with Crippen molar-refractivity contribution in [3.05, 3.63) is 0 Å². The van der Waals surface area contributed by atoms with Crippen molar-refractivity contribution in [2.75, 3.05) is 12.4 Å². The topological polar surface area (TPSA) is 44.1 Å². The molecule has 0 aromatic rings. The highest BCUT2D eigenvalue weighted by Crippen LogP contribution is 2.06. The first-order chi connectivity index (χ1) is 6.63. The SMILES string of the molecule is CC(CC#N)N(C)C(=O)CCCCBr. The van der Waals surface area contributed by atoms with Crippen LogP contribution in [-0.2, 0) is 4.79 Å². The number of amides is 1. The first-order valence-corrected chi connectivity index (χ1v) is 5.94. The molecule has 0 heterocycles. The molecule has 0 aromatic heterocycles. The van der Waals surface area contributed by atoms with Gasteiger partial charge in [-0.2, -0.15) is 5.26 Å². The van der Waals surface area contributed by atoms with Crippen molar-refractivity contribution in [2.24, 2.45) is 0 Å². The molecule has 0 spiro atoms. The van der Waals surface area contributed by atoms with E-state index in [1.165, 1.54) is 0 Å². The van der Waals surface area contributed by atoms with Crippen LogP contribution in [0.1, 0.15) is 32.6 Å². The zero-order chi connectivity index (χ0) is 11.0. The average Bonchev–Trinajstić information content (AvgIpc) is 2.17. The third-order valence-electron chi connectivity index (χ3n) is 2.22. The third kappa shape index (κ3) is 5.23. The molecule has 1 atom stereocenters. The average molecular weight is 261 g/mol. The van der Waals surface area contributed by atoms with Crippen LogP contribution in [0.4, 0.5) is 0 Å². The molecule has 0 bridgehead atoms. The smallest absolute Gasteiger partial charge is 0.222 e. The van der Waals surface area contributed by atoms with Crippen molar-refractivity contribution < 1.29 is 4.79 Å². The second-order valence-corrected chi connectivity index (χ2v) is 4.15. The lowest BCUT2D eigenvalue weighted by molar-refractivity contribution is -0.131. The normalized spacial score (nSPS) is 11.9. The van der Waals surface area contributed by atoms with Gasteiger partial charge in [0.1, 0.15) is 0 Å². The van der Waals surface area contributed by atoms with E-state index in [9.17, 15) is 4.79 Å². The number of nitriles is 1. The number of carbonyl (C=O) groups is 1. The Kier molecular flexibility index (Phi) is 7.50. The van der Waals surface area contributed by atoms with Crippen molar-refractivity contribution >= 4 is 21.8 Å². The molecule has 14 heavy (non-hydrogen) atoms. The van der Waals surface area contributed by atoms with Crippen LogP contribution in [0, 0.1) is 11.3 Å². The van der Waals surface area contributed by atoms with Gasteiger partial charge in [0.25, 0.3) is 0 Å². The molecular formula is C10H17BrN2O. The van der Waals surface area contributed by atoms with E-state index < -0.39 is 0 Å². The van der Waals surface area contributed by atoms with E-state index in [0.29, 0.717) is 12.8 Å². The zero-order valence-electron chi connectivity index (χ0n) is 8.79. The largest absolute Gasteiger partial charge is 0.342 e. The third-order valence-corrected chi connectivity index (χ3v) is 2.78. The van der Waals surface area contributed by atoms with Crippen LogP contribution in [0.2, 0.25) is 0 Å². The molecular weight excluding hydrogens is 244 g/mol. The fraction of sp³-hybridized carbons (Fsp3) is 0.800. The summed E-state index contributed by atoms with van der Waals surface area (Å²) < 4.78 is 0. The summed E-state index contributed by atoms with van der Waals surface area (Å²) in [6, 6.07) is 2.09. The van der Waals surface area contributed by atoms with Gasteiger partial charge in [-0.05, 0) is 19.8 Å². The van der Waals surface area contributed by atoms with E-state index in [2.05, 4.69) is 22.0 Å². The number of carbonyl (C=O) groups excluding carboxylic acids is 1. The summed E-state index contributed by atoms with van der Waals surface area (Å²) in [7, 11) is 1.76. The maximum atomic E-state index is 11.5. The number of alkyl halides is 1. The Balaban J connectivity index is 3.81. The Labute approximate surface area is 94.2 Å². The molecule has 0 aliphatic carbocycles. The maximum Gasteiger partial charge on any atom is 0.222 e. The van der Waals surface area contributed by atoms with Crippen LogP contribution in [0.15, 0.2) is 0 Å². The van der Waals surface area contributed by atoms with Gasteiger partial charge < -0.3 is 4.90 Å². The van der Waals surface area contributed by atoms with Crippen LogP contribution in [0.5, 0.6) is 0 Å². The summed E-state index contributed by atoms with van der Waals surface area (Å²) in [5.74, 6) is 0.133. The molecule has 0 saturated carbocycles. The van der Waals surface area contributed by atoms with Crippen LogP contribution in [-0.4, -0.2) is 29.2 Å². The van der Waals surface area contributed by atoms with Gasteiger partial charge in [-0.3, -0.25) is 4.79 Å². The van der Waals surface area contributed by atoms with E-state index >= 15 is 0 Å². The van der Waals surface area contributed by atoms with Crippen LogP contribution in [0.25, 0.3) is 0 Å². The molecule has 0 aliphatic heterocycles. The molecule has 1 amide bonds. The van der Waals surface area contributed by atoms with Crippen molar-refractivity contribution in [1.29, 1.82) is 5.26 Å². The lowest BCUT2D eigenvalue weighted by Crippen LogP contribution is -2.34. The summed E-state index contributed by atoms with van der Waals surface area (Å²) in [5.41, 5.74) is 0. The summed E-state index contributed by atoms with van der Waals surface area (Å²) in [6.07, 6.45) is 2.92. The highest BCUT2D eigenvalue weighted by molar-refractivity contribution is 9.09. The van der Waals surface area contributed by atoms with Crippen LogP contribution >= 0.6 is 15.9 Å². The van der Waals surface area contributed by atoms with E-state index in [0.717, 1.165) is 18.2 Å². The van der Waals surface area contributed by atoms with E-state index in [1.807, 2.05) is 6.92 Å². The lowest BCUT2D eigenvalue weighted by Gasteiger charge is -2.22. The van der Waals surface area contributed by atoms with Crippen molar-refractivity contribution in [3.8, 4) is 6.07 Å². The molecule has 80 valence electrons. The van der Waals surface area contributed by atoms with Crippen molar-refractivity contribution in [2.45, 2.75) is 38.6 Å². The Morgan fingerprint density at radius 1 is 1.57 bits per heavy atom. The molecule has 3 nitrogen and oxygen atoms in total. The van der Waals surface area contributed by atoms with Gasteiger partial charge in [0, 0.05) is 24.8 Å². The number of unbranched alkanes of at least 4 members (excludes halogenated alkanes) is 1. The molecule has 4 heteroatoms. The Morgan fingerprint density at radius 3 is 2.71 bits per heavy atom. The molecule has 0 aromatic carbocycles. The molecule has 0 rings (SSSR count). The van der Waals surface area contributed by atoms with Crippen molar-refractivity contribution in [3.63, 3.8) is 0 Å². The Hall–Kier alpha value is -0.560. The summed E-state index contributed by atoms with van der Waals surface area (Å²) in [6.45, 7) is 1.89. The summed E-state index contributed by atoms with van der Waals surface area (Å²) >= 11 is 3.32. The minimum absolute atomic E-state index is 0.0245. The zero-order valence-corrected chi connectivity index (χ0v) is 10.4. The quantitative estimate of drug-likeness (QED) is 0.544. The minimum Gasteiger partial charge on any atom is -0.342 e. The van der Waals surface area contributed by atoms with Gasteiger partial charge in [0.2, 0.25) is 5.91 Å². The highest BCUT2D eigenvalue weighted by Gasteiger charge is 2.14. The number of hydrogen-bond donors (Lipinski definition) is 0. The first kappa shape index (κ1) is 13.4. The predicted molar refractivity (Wildman–Crippen MR) is 60.1 cm³/mol. The second kappa shape index (κ2) is 7.81. The monoisotopic (exact) mass is 260 g/mol. The molecule has 0 saturated heterocycles. The van der Waals surface area contributed by atoms with Gasteiger partial charge in [0.15, 0.2) is 0 Å². The van der Waals surface area contributed by atoms with Crippen molar-refractivity contribution in [1.82, 2.24) is 4.90 Å². The second-order valence-electron chi connectivity index (χ2n) is 3.36. The predicted octanol–water partition coefficient (Wildman–Crippen LogP) is 2.31. The summed E-state index contributed by atoms with van der Waals surface area (Å²) in [4.78, 5) is 13.2. The molecule has 0 N–H and O–H groups in total. The summed E-state index contributed by atoms with van der Waals surface area (Å²) in [5, 5.41) is 9.43. The van der Waals surface area contributed by atoms with Gasteiger partial charge in [-0.1, -0.05) is 15.9 Å². The molecule has 0 aliphatic rings. The number of hydrogen-bond acceptors (Lipinski definition) is 2. The molecule has 0 radical (unpaired) electrons. The van der Waals surface area contributed by atoms with Gasteiger partial charge >= 0.3 is 0 Å². The first-order valence-electron chi connectivity index (χ1n) is 4.82. The Bertz CT molecular complexity index is 213. The number of halogens is 1. The van der Waals surface area contributed by atoms with Gasteiger partial charge in [-0.25, -0.2) is 0 Å². The van der Waals surface area contributed by atoms with E-state index in [4.69, 9.17) is 5.26 Å². The van der Waals surface area contributed by atoms with Crippen LogP contribution < -0.4 is 0 Å². The Morgan fingerprint density at radius 2 is 2.21 bits per heavy atom. The lowest BCUT2D eigenvalue weighted by atomic mass is 10.2. The number of rotatable bonds is 6. The van der Waals surface area contributed by atoms with E-state index in [1.54, 1.807) is 11.9 Å². The molecule has 0 fully saturated rings. The fourth-order valence-corrected chi connectivity index (χ4v) is 1.46. The van der Waals surface area contributed by atoms with Crippen LogP contribution in [0.3, 0.4) is 0 Å². The highest BCUT2D eigenvalue weighted by atomic mass is 79.9. The minimum atomic E-state index is 0.0245. The number of nitrogens with zero attached hydrogens (tertiary/aromatic N) is 2. The van der Waals surface area contributed by atoms with Gasteiger partial charge in [0.05, 0.1) is 12.5 Å². The molecule has 1 unspecified atom stereocenters.